The SMILES string of the molecule is CC(C)OCCN1C(=O)C(Nc2cccc(C(F)(F)F)c2)=C(c2ccc([N+](=O)[O-])cc2)C1=O. The van der Waals surface area contributed by atoms with Gasteiger partial charge >= 0.3 is 6.18 Å². The van der Waals surface area contributed by atoms with Gasteiger partial charge in [-0.25, -0.2) is 0 Å². The molecule has 174 valence electrons. The van der Waals surface area contributed by atoms with Gasteiger partial charge in [0, 0.05) is 17.8 Å². The normalized spacial score (nSPS) is 14.4. The molecule has 0 aliphatic carbocycles. The van der Waals surface area contributed by atoms with E-state index >= 15 is 0 Å². The van der Waals surface area contributed by atoms with Crippen molar-refractivity contribution < 1.29 is 32.4 Å². The number of benzene rings is 2. The van der Waals surface area contributed by atoms with Crippen molar-refractivity contribution in [2.24, 2.45) is 0 Å². The van der Waals surface area contributed by atoms with E-state index in [2.05, 4.69) is 5.32 Å². The number of nitro benzene ring substituents is 1. The number of hydrogen-bond donors (Lipinski definition) is 1. The first-order chi connectivity index (χ1) is 15.5. The van der Waals surface area contributed by atoms with Crippen LogP contribution in [0.2, 0.25) is 0 Å². The van der Waals surface area contributed by atoms with E-state index < -0.39 is 28.5 Å². The molecule has 0 spiro atoms. The summed E-state index contributed by atoms with van der Waals surface area (Å²) >= 11 is 0. The summed E-state index contributed by atoms with van der Waals surface area (Å²) in [7, 11) is 0. The van der Waals surface area contributed by atoms with Crippen molar-refractivity contribution in [3.63, 3.8) is 0 Å². The summed E-state index contributed by atoms with van der Waals surface area (Å²) in [5.74, 6) is -1.42. The van der Waals surface area contributed by atoms with Gasteiger partial charge in [0.25, 0.3) is 17.5 Å². The number of imide groups is 1. The Kier molecular flexibility index (Phi) is 6.82. The smallest absolute Gasteiger partial charge is 0.377 e. The molecule has 1 heterocycles. The van der Waals surface area contributed by atoms with E-state index in [4.69, 9.17) is 4.74 Å². The number of carbonyl (C=O) groups is 2. The van der Waals surface area contributed by atoms with Crippen LogP contribution in [0.1, 0.15) is 25.0 Å². The molecule has 0 bridgehead atoms. The van der Waals surface area contributed by atoms with Crippen LogP contribution in [0.5, 0.6) is 0 Å². The van der Waals surface area contributed by atoms with Crippen LogP contribution in [0, 0.1) is 10.1 Å². The van der Waals surface area contributed by atoms with E-state index in [1.165, 1.54) is 36.4 Å². The van der Waals surface area contributed by atoms with E-state index in [-0.39, 0.29) is 47.5 Å². The Bertz CT molecular complexity index is 1110. The maximum absolute atomic E-state index is 13.1. The van der Waals surface area contributed by atoms with E-state index in [0.29, 0.717) is 0 Å². The quantitative estimate of drug-likeness (QED) is 0.357. The molecule has 3 rings (SSSR count). The lowest BCUT2D eigenvalue weighted by Gasteiger charge is -2.16. The first kappa shape index (κ1) is 23.9. The molecule has 11 heteroatoms. The number of hydrogen-bond acceptors (Lipinski definition) is 6. The van der Waals surface area contributed by atoms with Crippen LogP contribution in [0.15, 0.2) is 54.2 Å². The Labute approximate surface area is 186 Å². The first-order valence-electron chi connectivity index (χ1n) is 9.90. The standard InChI is InChI=1S/C22H20F3N3O5/c1-13(2)33-11-10-27-20(29)18(14-6-8-17(9-7-14)28(31)32)19(21(27)30)26-16-5-3-4-15(12-16)22(23,24)25/h3-9,12-13,26H,10-11H2,1-2H3. The van der Waals surface area contributed by atoms with Crippen LogP contribution in [0.25, 0.3) is 5.57 Å². The zero-order valence-corrected chi connectivity index (χ0v) is 17.7. The number of nitro groups is 1. The van der Waals surface area contributed by atoms with Crippen LogP contribution in [-0.4, -0.2) is 40.9 Å². The van der Waals surface area contributed by atoms with Gasteiger partial charge in [-0.05, 0) is 49.7 Å². The monoisotopic (exact) mass is 463 g/mol. The molecule has 0 atom stereocenters. The number of alkyl halides is 3. The van der Waals surface area contributed by atoms with E-state index in [1.807, 2.05) is 0 Å². The Morgan fingerprint density at radius 2 is 1.76 bits per heavy atom. The zero-order chi connectivity index (χ0) is 24.3. The molecule has 2 aromatic rings. The molecule has 2 amide bonds. The number of amides is 2. The highest BCUT2D eigenvalue weighted by Crippen LogP contribution is 2.34. The van der Waals surface area contributed by atoms with Gasteiger partial charge in [0.2, 0.25) is 0 Å². The topological polar surface area (TPSA) is 102 Å². The lowest BCUT2D eigenvalue weighted by atomic mass is 10.0. The minimum atomic E-state index is -4.59. The maximum Gasteiger partial charge on any atom is 0.416 e. The maximum atomic E-state index is 13.1. The van der Waals surface area contributed by atoms with Crippen molar-refractivity contribution >= 4 is 28.8 Å². The molecule has 0 aromatic heterocycles. The molecule has 2 aromatic carbocycles. The second-order valence-electron chi connectivity index (χ2n) is 7.44. The summed E-state index contributed by atoms with van der Waals surface area (Å²) in [6.07, 6.45) is -4.73. The van der Waals surface area contributed by atoms with Crippen LogP contribution in [0.4, 0.5) is 24.5 Å². The largest absolute Gasteiger partial charge is 0.416 e. The Morgan fingerprint density at radius 1 is 1.09 bits per heavy atom. The fourth-order valence-electron chi connectivity index (χ4n) is 3.21. The highest BCUT2D eigenvalue weighted by Gasteiger charge is 2.39. The Morgan fingerprint density at radius 3 is 2.33 bits per heavy atom. The number of non-ortho nitro benzene ring substituents is 1. The zero-order valence-electron chi connectivity index (χ0n) is 17.7. The molecule has 1 N–H and O–H groups in total. The molecule has 1 aliphatic heterocycles. The van der Waals surface area contributed by atoms with Gasteiger partial charge in [-0.2, -0.15) is 13.2 Å². The van der Waals surface area contributed by atoms with Gasteiger partial charge in [0.1, 0.15) is 5.70 Å². The number of rotatable bonds is 8. The van der Waals surface area contributed by atoms with Gasteiger partial charge in [0.15, 0.2) is 0 Å². The highest BCUT2D eigenvalue weighted by atomic mass is 19.4. The number of anilines is 1. The van der Waals surface area contributed by atoms with Crippen molar-refractivity contribution in [1.82, 2.24) is 4.90 Å². The number of nitrogens with zero attached hydrogens (tertiary/aromatic N) is 2. The van der Waals surface area contributed by atoms with Crippen LogP contribution in [-0.2, 0) is 20.5 Å². The van der Waals surface area contributed by atoms with Gasteiger partial charge in [-0.3, -0.25) is 24.6 Å². The van der Waals surface area contributed by atoms with Crippen molar-refractivity contribution in [3.8, 4) is 0 Å². The number of halogens is 3. The number of ether oxygens (including phenoxy) is 1. The lowest BCUT2D eigenvalue weighted by Crippen LogP contribution is -2.35. The van der Waals surface area contributed by atoms with E-state index in [0.717, 1.165) is 17.0 Å². The molecule has 1 aliphatic rings. The van der Waals surface area contributed by atoms with Crippen LogP contribution < -0.4 is 5.32 Å². The molecule has 0 saturated heterocycles. The molecule has 0 saturated carbocycles. The third-order valence-corrected chi connectivity index (χ3v) is 4.76. The molecule has 33 heavy (non-hydrogen) atoms. The van der Waals surface area contributed by atoms with Crippen molar-refractivity contribution in [2.75, 3.05) is 18.5 Å². The molecule has 0 radical (unpaired) electrons. The van der Waals surface area contributed by atoms with Crippen LogP contribution in [0.3, 0.4) is 0 Å². The summed E-state index contributed by atoms with van der Waals surface area (Å²) in [6.45, 7) is 3.57. The second kappa shape index (κ2) is 9.41. The second-order valence-corrected chi connectivity index (χ2v) is 7.44. The summed E-state index contributed by atoms with van der Waals surface area (Å²) in [4.78, 5) is 37.4. The summed E-state index contributed by atoms with van der Waals surface area (Å²) in [6, 6.07) is 9.17. The molecule has 0 fully saturated rings. The Hall–Kier alpha value is -3.73. The van der Waals surface area contributed by atoms with E-state index in [9.17, 15) is 32.9 Å². The van der Waals surface area contributed by atoms with Gasteiger partial charge in [-0.1, -0.05) is 6.07 Å². The summed E-state index contributed by atoms with van der Waals surface area (Å²) in [5.41, 5.74) is -1.30. The molecule has 8 nitrogen and oxygen atoms in total. The fraction of sp³-hybridized carbons (Fsp3) is 0.273. The number of carbonyl (C=O) groups excluding carboxylic acids is 2. The average Bonchev–Trinajstić information content (AvgIpc) is 2.97. The predicted molar refractivity (Wildman–Crippen MR) is 113 cm³/mol. The van der Waals surface area contributed by atoms with Crippen molar-refractivity contribution in [3.05, 3.63) is 75.5 Å². The third kappa shape index (κ3) is 5.37. The van der Waals surface area contributed by atoms with Gasteiger partial charge in [0.05, 0.1) is 35.3 Å². The van der Waals surface area contributed by atoms with Gasteiger partial charge < -0.3 is 10.1 Å². The molecular formula is C22H20F3N3O5. The Balaban J connectivity index is 2.00. The fourth-order valence-corrected chi connectivity index (χ4v) is 3.21. The summed E-state index contributed by atoms with van der Waals surface area (Å²) < 4.78 is 44.7. The minimum absolute atomic E-state index is 0.0410. The lowest BCUT2D eigenvalue weighted by molar-refractivity contribution is -0.384. The first-order valence-corrected chi connectivity index (χ1v) is 9.90. The van der Waals surface area contributed by atoms with Crippen molar-refractivity contribution in [1.29, 1.82) is 0 Å². The molecular weight excluding hydrogens is 443 g/mol. The van der Waals surface area contributed by atoms with E-state index in [1.54, 1.807) is 13.8 Å². The average molecular weight is 463 g/mol. The molecule has 0 unspecified atom stereocenters. The summed E-state index contributed by atoms with van der Waals surface area (Å²) in [5, 5.41) is 13.6. The number of nitrogens with one attached hydrogen (secondary N) is 1. The minimum Gasteiger partial charge on any atom is -0.377 e. The third-order valence-electron chi connectivity index (χ3n) is 4.76. The van der Waals surface area contributed by atoms with Crippen molar-refractivity contribution in [2.45, 2.75) is 26.1 Å². The van der Waals surface area contributed by atoms with Crippen LogP contribution >= 0.6 is 0 Å². The predicted octanol–water partition coefficient (Wildman–Crippen LogP) is 4.23. The highest BCUT2D eigenvalue weighted by molar-refractivity contribution is 6.36. The van der Waals surface area contributed by atoms with Gasteiger partial charge in [-0.15, -0.1) is 0 Å².